The molecule has 1 aromatic carbocycles. The summed E-state index contributed by atoms with van der Waals surface area (Å²) in [6.07, 6.45) is 1.06. The number of Topliss-reactive ketones (excluding diaryl/α,β-unsaturated/α-hetero) is 1. The second-order valence-electron chi connectivity index (χ2n) is 4.89. The number of aromatic nitrogens is 2. The van der Waals surface area contributed by atoms with Gasteiger partial charge in [-0.1, -0.05) is 26.0 Å². The van der Waals surface area contributed by atoms with Crippen molar-refractivity contribution in [2.24, 2.45) is 13.0 Å². The van der Waals surface area contributed by atoms with Crippen molar-refractivity contribution in [1.29, 1.82) is 0 Å². The molecule has 0 aliphatic carbocycles. The van der Waals surface area contributed by atoms with Crippen LogP contribution >= 0.6 is 0 Å². The van der Waals surface area contributed by atoms with Gasteiger partial charge < -0.3 is 4.57 Å². The number of rotatable bonds is 4. The zero-order chi connectivity index (χ0) is 12.4. The number of hydrogen-bond donors (Lipinski definition) is 0. The van der Waals surface area contributed by atoms with Crippen LogP contribution in [-0.4, -0.2) is 15.3 Å². The molecule has 0 fully saturated rings. The fraction of sp³-hybridized carbons (Fsp3) is 0.429. The van der Waals surface area contributed by atoms with Crippen LogP contribution in [0.25, 0.3) is 11.0 Å². The summed E-state index contributed by atoms with van der Waals surface area (Å²) in [6, 6.07) is 7.96. The molecule has 0 N–H and O–H groups in total. The molecule has 1 heterocycles. The maximum absolute atomic E-state index is 11.8. The third-order valence-corrected chi connectivity index (χ3v) is 2.87. The highest BCUT2D eigenvalue weighted by molar-refractivity contribution is 5.82. The van der Waals surface area contributed by atoms with Gasteiger partial charge in [0.15, 0.2) is 0 Å². The standard InChI is InChI=1S/C14H18N2O/c1-10(2)8-11(17)9-14-15-12-6-4-5-7-13(12)16(14)3/h4-7,10H,8-9H2,1-3H3. The number of ketones is 1. The lowest BCUT2D eigenvalue weighted by Gasteiger charge is -2.04. The maximum atomic E-state index is 11.8. The van der Waals surface area contributed by atoms with Gasteiger partial charge in [0, 0.05) is 13.5 Å². The van der Waals surface area contributed by atoms with Crippen LogP contribution in [0.4, 0.5) is 0 Å². The van der Waals surface area contributed by atoms with E-state index in [4.69, 9.17) is 0 Å². The number of carbonyl (C=O) groups is 1. The topological polar surface area (TPSA) is 34.9 Å². The van der Waals surface area contributed by atoms with Gasteiger partial charge in [0.25, 0.3) is 0 Å². The minimum atomic E-state index is 0.262. The van der Waals surface area contributed by atoms with Gasteiger partial charge in [-0.15, -0.1) is 0 Å². The van der Waals surface area contributed by atoms with Crippen molar-refractivity contribution in [2.75, 3.05) is 0 Å². The molecule has 1 aromatic heterocycles. The second-order valence-corrected chi connectivity index (χ2v) is 4.89. The highest BCUT2D eigenvalue weighted by Crippen LogP contribution is 2.15. The molecule has 0 spiro atoms. The third kappa shape index (κ3) is 2.54. The third-order valence-electron chi connectivity index (χ3n) is 2.87. The summed E-state index contributed by atoms with van der Waals surface area (Å²) in [5.41, 5.74) is 2.04. The Kier molecular flexibility index (Phi) is 3.27. The molecule has 0 aliphatic rings. The Balaban J connectivity index is 2.24. The van der Waals surface area contributed by atoms with Crippen molar-refractivity contribution in [3.8, 4) is 0 Å². The molecule has 17 heavy (non-hydrogen) atoms. The Morgan fingerprint density at radius 1 is 1.35 bits per heavy atom. The van der Waals surface area contributed by atoms with Gasteiger partial charge in [0.2, 0.25) is 0 Å². The van der Waals surface area contributed by atoms with E-state index in [0.717, 1.165) is 16.9 Å². The Morgan fingerprint density at radius 2 is 2.06 bits per heavy atom. The van der Waals surface area contributed by atoms with Gasteiger partial charge in [-0.2, -0.15) is 0 Å². The van der Waals surface area contributed by atoms with E-state index in [2.05, 4.69) is 18.8 Å². The molecule has 0 aliphatic heterocycles. The number of aryl methyl sites for hydroxylation is 1. The van der Waals surface area contributed by atoms with Gasteiger partial charge >= 0.3 is 0 Å². The normalized spacial score (nSPS) is 11.3. The van der Waals surface area contributed by atoms with E-state index >= 15 is 0 Å². The van der Waals surface area contributed by atoms with Crippen LogP contribution in [0.15, 0.2) is 24.3 Å². The minimum Gasteiger partial charge on any atom is -0.331 e. The molecule has 0 saturated heterocycles. The SMILES string of the molecule is CC(C)CC(=O)Cc1nc2ccccc2n1C. The van der Waals surface area contributed by atoms with Crippen LogP contribution in [-0.2, 0) is 18.3 Å². The lowest BCUT2D eigenvalue weighted by atomic mass is 10.1. The lowest BCUT2D eigenvalue weighted by molar-refractivity contribution is -0.119. The minimum absolute atomic E-state index is 0.262. The average molecular weight is 230 g/mol. The zero-order valence-corrected chi connectivity index (χ0v) is 10.6. The van der Waals surface area contributed by atoms with Gasteiger partial charge in [-0.25, -0.2) is 4.98 Å². The fourth-order valence-corrected chi connectivity index (χ4v) is 2.06. The van der Waals surface area contributed by atoms with Gasteiger partial charge in [0.1, 0.15) is 11.6 Å². The van der Waals surface area contributed by atoms with E-state index in [0.29, 0.717) is 18.8 Å². The van der Waals surface area contributed by atoms with Crippen LogP contribution in [0.2, 0.25) is 0 Å². The molecule has 2 aromatic rings. The van der Waals surface area contributed by atoms with Crippen molar-refractivity contribution < 1.29 is 4.79 Å². The largest absolute Gasteiger partial charge is 0.331 e. The molecule has 2 rings (SSSR count). The highest BCUT2D eigenvalue weighted by Gasteiger charge is 2.12. The van der Waals surface area contributed by atoms with Crippen molar-refractivity contribution in [2.45, 2.75) is 26.7 Å². The first-order valence-electron chi connectivity index (χ1n) is 6.00. The molecule has 0 unspecified atom stereocenters. The molecule has 3 nitrogen and oxygen atoms in total. The van der Waals surface area contributed by atoms with Crippen LogP contribution < -0.4 is 0 Å². The highest BCUT2D eigenvalue weighted by atomic mass is 16.1. The summed E-state index contributed by atoms with van der Waals surface area (Å²) in [5, 5.41) is 0. The quantitative estimate of drug-likeness (QED) is 0.809. The van der Waals surface area contributed by atoms with Gasteiger partial charge in [-0.3, -0.25) is 4.79 Å². The summed E-state index contributed by atoms with van der Waals surface area (Å²) in [5.74, 6) is 1.53. The molecule has 0 radical (unpaired) electrons. The number of benzene rings is 1. The average Bonchev–Trinajstić information content (AvgIpc) is 2.55. The smallest absolute Gasteiger partial charge is 0.140 e. The first-order valence-corrected chi connectivity index (χ1v) is 6.00. The van der Waals surface area contributed by atoms with E-state index < -0.39 is 0 Å². The number of imidazole rings is 1. The van der Waals surface area contributed by atoms with Crippen molar-refractivity contribution >= 4 is 16.8 Å². The van der Waals surface area contributed by atoms with Crippen LogP contribution in [0.1, 0.15) is 26.1 Å². The molecule has 0 saturated carbocycles. The molecule has 3 heteroatoms. The summed E-state index contributed by atoms with van der Waals surface area (Å²) in [7, 11) is 1.97. The maximum Gasteiger partial charge on any atom is 0.140 e. The molecule has 0 amide bonds. The first kappa shape index (κ1) is 11.8. The zero-order valence-electron chi connectivity index (χ0n) is 10.6. The number of para-hydroxylation sites is 2. The second kappa shape index (κ2) is 4.70. The van der Waals surface area contributed by atoms with Crippen LogP contribution in [0.5, 0.6) is 0 Å². The van der Waals surface area contributed by atoms with E-state index in [-0.39, 0.29) is 5.78 Å². The van der Waals surface area contributed by atoms with E-state index in [1.807, 2.05) is 35.9 Å². The Morgan fingerprint density at radius 3 is 2.71 bits per heavy atom. The van der Waals surface area contributed by atoms with Crippen LogP contribution in [0, 0.1) is 5.92 Å². The van der Waals surface area contributed by atoms with Crippen molar-refractivity contribution in [1.82, 2.24) is 9.55 Å². The Bertz CT molecular complexity index is 540. The van der Waals surface area contributed by atoms with E-state index in [1.165, 1.54) is 0 Å². The molecular weight excluding hydrogens is 212 g/mol. The fourth-order valence-electron chi connectivity index (χ4n) is 2.06. The van der Waals surface area contributed by atoms with E-state index in [1.54, 1.807) is 0 Å². The van der Waals surface area contributed by atoms with Crippen molar-refractivity contribution in [3.05, 3.63) is 30.1 Å². The van der Waals surface area contributed by atoms with Crippen LogP contribution in [0.3, 0.4) is 0 Å². The van der Waals surface area contributed by atoms with Gasteiger partial charge in [0.05, 0.1) is 17.5 Å². The lowest BCUT2D eigenvalue weighted by Crippen LogP contribution is -2.10. The van der Waals surface area contributed by atoms with Gasteiger partial charge in [-0.05, 0) is 18.1 Å². The number of fused-ring (bicyclic) bond motifs is 1. The summed E-state index contributed by atoms with van der Waals surface area (Å²) < 4.78 is 2.01. The van der Waals surface area contributed by atoms with Crippen molar-refractivity contribution in [3.63, 3.8) is 0 Å². The summed E-state index contributed by atoms with van der Waals surface area (Å²) in [6.45, 7) is 4.12. The number of nitrogens with zero attached hydrogens (tertiary/aromatic N) is 2. The first-order chi connectivity index (χ1) is 8.08. The molecule has 0 bridgehead atoms. The molecule has 0 atom stereocenters. The Labute approximate surface area is 101 Å². The summed E-state index contributed by atoms with van der Waals surface area (Å²) in [4.78, 5) is 16.3. The summed E-state index contributed by atoms with van der Waals surface area (Å²) >= 11 is 0. The predicted molar refractivity (Wildman–Crippen MR) is 68.9 cm³/mol. The molecule has 90 valence electrons. The van der Waals surface area contributed by atoms with E-state index in [9.17, 15) is 4.79 Å². The predicted octanol–water partition coefficient (Wildman–Crippen LogP) is 2.73. The number of hydrogen-bond acceptors (Lipinski definition) is 2. The number of carbonyl (C=O) groups excluding carboxylic acids is 1. The monoisotopic (exact) mass is 230 g/mol. The Hall–Kier alpha value is -1.64. The molecular formula is C14H18N2O.